The van der Waals surface area contributed by atoms with Crippen LogP contribution in [0.2, 0.25) is 18.1 Å². The van der Waals surface area contributed by atoms with Gasteiger partial charge in [-0.1, -0.05) is 78.8 Å². The topological polar surface area (TPSA) is 86.8 Å². The van der Waals surface area contributed by atoms with E-state index in [4.69, 9.17) is 23.4 Å². The van der Waals surface area contributed by atoms with Crippen molar-refractivity contribution in [3.05, 3.63) is 35.9 Å². The fourth-order valence-electron chi connectivity index (χ4n) is 6.55. The third kappa shape index (κ3) is 6.63. The monoisotopic (exact) mass is 590 g/mol. The van der Waals surface area contributed by atoms with Gasteiger partial charge in [0.05, 0.1) is 36.9 Å². The van der Waals surface area contributed by atoms with Crippen LogP contribution in [0.15, 0.2) is 30.3 Å². The molecule has 1 aromatic rings. The minimum atomic E-state index is -2.22. The molecule has 0 aromatic heterocycles. The van der Waals surface area contributed by atoms with E-state index in [1.165, 1.54) is 0 Å². The molecule has 3 heterocycles. The van der Waals surface area contributed by atoms with Crippen LogP contribution in [0.25, 0.3) is 0 Å². The van der Waals surface area contributed by atoms with E-state index in [9.17, 15) is 9.90 Å². The summed E-state index contributed by atoms with van der Waals surface area (Å²) in [6.45, 7) is 23.9. The summed E-state index contributed by atoms with van der Waals surface area (Å²) in [4.78, 5) is 13.5. The Labute approximate surface area is 248 Å². The molecule has 7 nitrogen and oxygen atoms in total. The minimum Gasteiger partial charge on any atom is -0.462 e. The Morgan fingerprint density at radius 1 is 0.927 bits per heavy atom. The van der Waals surface area contributed by atoms with Crippen molar-refractivity contribution in [2.24, 2.45) is 29.6 Å². The maximum Gasteiger partial charge on any atom is 0.311 e. The van der Waals surface area contributed by atoms with Crippen LogP contribution in [0.5, 0.6) is 0 Å². The molecule has 0 unspecified atom stereocenters. The van der Waals surface area contributed by atoms with Crippen molar-refractivity contribution in [2.45, 2.75) is 129 Å². The summed E-state index contributed by atoms with van der Waals surface area (Å²) in [5.74, 6) is -1.30. The van der Waals surface area contributed by atoms with Crippen LogP contribution in [0, 0.1) is 29.6 Å². The number of carbonyl (C=O) groups excluding carboxylic acids is 1. The van der Waals surface area contributed by atoms with Gasteiger partial charge < -0.3 is 28.5 Å². The van der Waals surface area contributed by atoms with E-state index in [0.717, 1.165) is 12.0 Å². The van der Waals surface area contributed by atoms with Gasteiger partial charge in [-0.2, -0.15) is 0 Å². The van der Waals surface area contributed by atoms with Crippen LogP contribution in [0.4, 0.5) is 0 Å². The Hall–Kier alpha value is -1.29. The van der Waals surface area contributed by atoms with Gasteiger partial charge in [-0.05, 0) is 44.3 Å². The summed E-state index contributed by atoms with van der Waals surface area (Å²) in [5.41, 5.74) is 0.419. The van der Waals surface area contributed by atoms with Crippen molar-refractivity contribution < 1.29 is 33.3 Å². The third-order valence-electron chi connectivity index (χ3n) is 10.6. The van der Waals surface area contributed by atoms with Crippen LogP contribution >= 0.6 is 0 Å². The van der Waals surface area contributed by atoms with Crippen LogP contribution in [0.3, 0.4) is 0 Å². The molecule has 3 aliphatic heterocycles. The number of hydrogen-bond donors (Lipinski definition) is 1. The lowest BCUT2D eigenvalue weighted by atomic mass is 9.75. The SMILES string of the molecule is C[C@@H]1[C@H]2O[C@H](c3ccccc3)O[C@@H]1[C@@H](C)C(=O)O[C@H](C)[C@H](C)[C@H](O)[C@@H](C)[C@H](O[Si](C)(C)C(C)(C)C)[C@]1(CO1)C[C@@H]2C. The quantitative estimate of drug-likeness (QED) is 0.244. The van der Waals surface area contributed by atoms with E-state index < -0.39 is 44.4 Å². The molecule has 8 heteroatoms. The first-order valence-electron chi connectivity index (χ1n) is 15.6. The minimum absolute atomic E-state index is 0.00249. The number of esters is 1. The van der Waals surface area contributed by atoms with Crippen molar-refractivity contribution in [3.8, 4) is 0 Å². The summed E-state index contributed by atoms with van der Waals surface area (Å²) < 4.78 is 32.7. The molecule has 3 saturated heterocycles. The van der Waals surface area contributed by atoms with Crippen LogP contribution in [-0.4, -0.2) is 62.1 Å². The highest BCUT2D eigenvalue weighted by Gasteiger charge is 2.60. The Kier molecular flexibility index (Phi) is 9.55. The Bertz CT molecular complexity index is 1040. The maximum atomic E-state index is 13.5. The van der Waals surface area contributed by atoms with Crippen LogP contribution in [0.1, 0.15) is 80.6 Å². The molecule has 3 aliphatic rings. The molecular formula is C33H54O7Si. The molecule has 4 rings (SSSR count). The number of hydrogen-bond acceptors (Lipinski definition) is 7. The van der Waals surface area contributed by atoms with Gasteiger partial charge in [0.2, 0.25) is 0 Å². The van der Waals surface area contributed by atoms with Crippen LogP contribution in [-0.2, 0) is 28.2 Å². The van der Waals surface area contributed by atoms with Gasteiger partial charge in [0, 0.05) is 23.3 Å². The Balaban J connectivity index is 1.75. The van der Waals surface area contributed by atoms with E-state index in [-0.39, 0.29) is 46.9 Å². The first kappa shape index (κ1) is 32.6. The van der Waals surface area contributed by atoms with E-state index >= 15 is 0 Å². The number of aliphatic hydroxyl groups is 1. The number of epoxide rings is 1. The number of rotatable bonds is 3. The molecule has 0 radical (unpaired) electrons. The predicted octanol–water partition coefficient (Wildman–Crippen LogP) is 6.51. The van der Waals surface area contributed by atoms with Gasteiger partial charge in [0.25, 0.3) is 0 Å². The Morgan fingerprint density at radius 2 is 1.51 bits per heavy atom. The summed E-state index contributed by atoms with van der Waals surface area (Å²) in [5, 5.41) is 11.7. The smallest absolute Gasteiger partial charge is 0.311 e. The van der Waals surface area contributed by atoms with Crippen molar-refractivity contribution in [2.75, 3.05) is 6.61 Å². The highest BCUT2D eigenvalue weighted by atomic mass is 28.4. The van der Waals surface area contributed by atoms with Crippen molar-refractivity contribution >= 4 is 14.3 Å². The van der Waals surface area contributed by atoms with Gasteiger partial charge >= 0.3 is 5.97 Å². The number of carbonyl (C=O) groups is 1. The molecule has 1 aromatic carbocycles. The first-order valence-corrected chi connectivity index (χ1v) is 18.5. The summed E-state index contributed by atoms with van der Waals surface area (Å²) >= 11 is 0. The first-order chi connectivity index (χ1) is 19.0. The summed E-state index contributed by atoms with van der Waals surface area (Å²) in [7, 11) is -2.22. The number of fused-ring (bicyclic) bond motifs is 2. The molecule has 0 aliphatic carbocycles. The molecule has 3 fully saturated rings. The second-order valence-corrected chi connectivity index (χ2v) is 19.5. The molecular weight excluding hydrogens is 536 g/mol. The van der Waals surface area contributed by atoms with Gasteiger partial charge in [0.1, 0.15) is 11.7 Å². The standard InChI is InChI=1S/C33H54O7Si/c1-19-17-33(18-36-33)29(40-41(10,11)32(7,8)9)21(3)26(34)20(2)24(6)37-30(35)23(5)28-22(4)27(19)38-31(39-28)25-15-13-12-14-16-25/h12-16,19-24,26-29,31,34H,17-18H2,1-11H3/t19-,20-,21+,22+,23+,24+,26-,27-,28-,29-,31-,33+/m0/s1. The fourth-order valence-corrected chi connectivity index (χ4v) is 7.97. The van der Waals surface area contributed by atoms with Crippen molar-refractivity contribution in [1.82, 2.24) is 0 Å². The average molecular weight is 591 g/mol. The predicted molar refractivity (Wildman–Crippen MR) is 162 cm³/mol. The lowest BCUT2D eigenvalue weighted by molar-refractivity contribution is -0.291. The van der Waals surface area contributed by atoms with Crippen LogP contribution < -0.4 is 0 Å². The number of benzene rings is 1. The third-order valence-corrected chi connectivity index (χ3v) is 15.1. The van der Waals surface area contributed by atoms with Gasteiger partial charge in [-0.25, -0.2) is 0 Å². The zero-order valence-electron chi connectivity index (χ0n) is 27.0. The highest BCUT2D eigenvalue weighted by Crippen LogP contribution is 2.50. The number of cyclic esters (lactones) is 1. The van der Waals surface area contributed by atoms with Crippen molar-refractivity contribution in [1.29, 1.82) is 0 Å². The average Bonchev–Trinajstić information content (AvgIpc) is 3.69. The van der Waals surface area contributed by atoms with Gasteiger partial charge in [-0.15, -0.1) is 0 Å². The molecule has 2 bridgehead atoms. The lowest BCUT2D eigenvalue weighted by Crippen LogP contribution is -2.55. The molecule has 0 amide bonds. The largest absolute Gasteiger partial charge is 0.462 e. The second-order valence-electron chi connectivity index (χ2n) is 14.8. The highest BCUT2D eigenvalue weighted by molar-refractivity contribution is 6.74. The zero-order chi connectivity index (χ0) is 30.5. The van der Waals surface area contributed by atoms with E-state index in [2.05, 4.69) is 54.6 Å². The second kappa shape index (κ2) is 12.0. The Morgan fingerprint density at radius 3 is 2.07 bits per heavy atom. The van der Waals surface area contributed by atoms with E-state index in [0.29, 0.717) is 6.61 Å². The fraction of sp³-hybridized carbons (Fsp3) is 0.788. The normalized spacial score (nSPS) is 42.8. The molecule has 12 atom stereocenters. The lowest BCUT2D eigenvalue weighted by Gasteiger charge is -2.47. The molecule has 232 valence electrons. The van der Waals surface area contributed by atoms with E-state index in [1.54, 1.807) is 0 Å². The molecule has 0 saturated carbocycles. The van der Waals surface area contributed by atoms with Crippen molar-refractivity contribution in [3.63, 3.8) is 0 Å². The summed E-state index contributed by atoms with van der Waals surface area (Å²) in [6, 6.07) is 9.93. The summed E-state index contributed by atoms with van der Waals surface area (Å²) in [6.07, 6.45) is -1.94. The van der Waals surface area contributed by atoms with Gasteiger partial charge in [0.15, 0.2) is 14.6 Å². The molecule has 1 N–H and O–H groups in total. The zero-order valence-corrected chi connectivity index (χ0v) is 28.0. The van der Waals surface area contributed by atoms with Gasteiger partial charge in [-0.3, -0.25) is 4.79 Å². The van der Waals surface area contributed by atoms with E-state index in [1.807, 2.05) is 51.1 Å². The number of aliphatic hydroxyl groups excluding tert-OH is 1. The molecule has 41 heavy (non-hydrogen) atoms. The molecule has 1 spiro atoms. The maximum absolute atomic E-state index is 13.5. The number of ether oxygens (including phenoxy) is 4.